The minimum atomic E-state index is -0.597. The Hall–Kier alpha value is -4.00. The number of terminal acetylenes is 1. The molecular weight excluding hydrogens is 512 g/mol. The maximum Gasteiger partial charge on any atom is 0.219 e. The number of aryl methyl sites for hydroxylation is 1. The van der Waals surface area contributed by atoms with E-state index < -0.39 is 11.6 Å². The zero-order valence-corrected chi connectivity index (χ0v) is 22.3. The SMILES string of the molecule is C#Cc1c(F)ccc2cc(O)cc(-c3ncc4c(N5CC6CCC(C5)N6)nc(OC5CN(C)C5)c(C)c4c3F)c12. The van der Waals surface area contributed by atoms with Gasteiger partial charge in [0.05, 0.1) is 5.56 Å². The number of benzene rings is 2. The summed E-state index contributed by atoms with van der Waals surface area (Å²) in [5.74, 6) is 2.16. The summed E-state index contributed by atoms with van der Waals surface area (Å²) in [6.07, 6.45) is 9.46. The summed E-state index contributed by atoms with van der Waals surface area (Å²) in [4.78, 5) is 13.8. The highest BCUT2D eigenvalue weighted by atomic mass is 19.1. The van der Waals surface area contributed by atoms with Crippen LogP contribution in [0.2, 0.25) is 0 Å². The molecule has 5 heterocycles. The summed E-state index contributed by atoms with van der Waals surface area (Å²) < 4.78 is 37.8. The fourth-order valence-electron chi connectivity index (χ4n) is 6.51. The molecule has 3 aliphatic rings. The van der Waals surface area contributed by atoms with E-state index >= 15 is 4.39 Å². The number of phenolic OH excluding ortho intramolecular Hbond substituents is 1. The molecule has 3 aliphatic heterocycles. The highest BCUT2D eigenvalue weighted by molar-refractivity contribution is 6.04. The van der Waals surface area contributed by atoms with Crippen molar-refractivity contribution in [2.24, 2.45) is 0 Å². The average Bonchev–Trinajstić information content (AvgIpc) is 3.26. The van der Waals surface area contributed by atoms with E-state index in [-0.39, 0.29) is 28.7 Å². The number of rotatable bonds is 4. The van der Waals surface area contributed by atoms with Crippen LogP contribution in [-0.4, -0.2) is 71.4 Å². The minimum Gasteiger partial charge on any atom is -0.508 e. The normalized spacial score (nSPS) is 21.1. The Bertz CT molecular complexity index is 1720. The van der Waals surface area contributed by atoms with Gasteiger partial charge in [0.25, 0.3) is 0 Å². The van der Waals surface area contributed by atoms with Crippen LogP contribution in [0.3, 0.4) is 0 Å². The molecule has 2 aromatic carbocycles. The van der Waals surface area contributed by atoms with Gasteiger partial charge in [-0.15, -0.1) is 6.42 Å². The maximum atomic E-state index is 16.8. The molecule has 2 unspecified atom stereocenters. The fourth-order valence-corrected chi connectivity index (χ4v) is 6.51. The van der Waals surface area contributed by atoms with Crippen LogP contribution in [0.4, 0.5) is 14.6 Å². The topological polar surface area (TPSA) is 73.8 Å². The van der Waals surface area contributed by atoms with Crippen LogP contribution in [-0.2, 0) is 0 Å². The number of anilines is 1. The smallest absolute Gasteiger partial charge is 0.219 e. The van der Waals surface area contributed by atoms with E-state index in [2.05, 4.69) is 26.0 Å². The van der Waals surface area contributed by atoms with Gasteiger partial charge in [-0.05, 0) is 50.4 Å². The summed E-state index contributed by atoms with van der Waals surface area (Å²) in [5.41, 5.74) is 0.768. The van der Waals surface area contributed by atoms with Crippen LogP contribution >= 0.6 is 0 Å². The van der Waals surface area contributed by atoms with Gasteiger partial charge >= 0.3 is 0 Å². The Labute approximate surface area is 230 Å². The first-order valence-corrected chi connectivity index (χ1v) is 13.6. The van der Waals surface area contributed by atoms with Gasteiger partial charge < -0.3 is 20.1 Å². The predicted octanol–water partition coefficient (Wildman–Crippen LogP) is 4.36. The molecule has 2 aromatic heterocycles. The Morgan fingerprint density at radius 1 is 1.10 bits per heavy atom. The number of nitrogens with one attached hydrogen (secondary N) is 1. The fraction of sp³-hybridized carbons (Fsp3) is 0.355. The van der Waals surface area contributed by atoms with Crippen molar-refractivity contribution in [1.82, 2.24) is 20.2 Å². The Balaban J connectivity index is 1.46. The van der Waals surface area contributed by atoms with Crippen molar-refractivity contribution in [2.75, 3.05) is 38.1 Å². The molecule has 4 aromatic rings. The molecule has 3 fully saturated rings. The molecule has 0 spiro atoms. The van der Waals surface area contributed by atoms with Gasteiger partial charge in [0, 0.05) is 71.7 Å². The van der Waals surface area contributed by atoms with Crippen molar-refractivity contribution < 1.29 is 18.6 Å². The second kappa shape index (κ2) is 9.29. The molecule has 40 heavy (non-hydrogen) atoms. The number of ether oxygens (including phenoxy) is 1. The number of halogens is 2. The van der Waals surface area contributed by atoms with Gasteiger partial charge in [0.15, 0.2) is 5.82 Å². The van der Waals surface area contributed by atoms with E-state index in [0.29, 0.717) is 50.9 Å². The number of nitrogens with zero attached hydrogens (tertiary/aromatic N) is 4. The Morgan fingerprint density at radius 3 is 2.55 bits per heavy atom. The van der Waals surface area contributed by atoms with Crippen molar-refractivity contribution >= 4 is 27.4 Å². The number of phenols is 1. The van der Waals surface area contributed by atoms with Crippen molar-refractivity contribution in [2.45, 2.75) is 38.0 Å². The number of aromatic hydroxyl groups is 1. The second-order valence-electron chi connectivity index (χ2n) is 11.2. The number of hydrogen-bond donors (Lipinski definition) is 2. The third-order valence-electron chi connectivity index (χ3n) is 8.44. The van der Waals surface area contributed by atoms with E-state index in [0.717, 1.165) is 39.0 Å². The van der Waals surface area contributed by atoms with Gasteiger partial charge in [-0.25, -0.2) is 8.78 Å². The molecule has 3 saturated heterocycles. The first-order valence-electron chi connectivity index (χ1n) is 13.6. The van der Waals surface area contributed by atoms with Gasteiger partial charge in [0.2, 0.25) is 5.88 Å². The van der Waals surface area contributed by atoms with E-state index in [1.165, 1.54) is 24.3 Å². The number of pyridine rings is 2. The predicted molar refractivity (Wildman–Crippen MR) is 151 cm³/mol. The van der Waals surface area contributed by atoms with Crippen LogP contribution in [0.5, 0.6) is 11.6 Å². The molecule has 9 heteroatoms. The van der Waals surface area contributed by atoms with E-state index in [9.17, 15) is 9.50 Å². The van der Waals surface area contributed by atoms with Gasteiger partial charge in [0.1, 0.15) is 29.2 Å². The summed E-state index contributed by atoms with van der Waals surface area (Å²) in [6.45, 7) is 4.87. The van der Waals surface area contributed by atoms with Crippen molar-refractivity contribution in [3.05, 3.63) is 53.2 Å². The molecule has 2 atom stereocenters. The Morgan fingerprint density at radius 2 is 1.85 bits per heavy atom. The summed E-state index contributed by atoms with van der Waals surface area (Å²) in [5, 5.41) is 15.9. The Kier molecular flexibility index (Phi) is 5.81. The van der Waals surface area contributed by atoms with Crippen LogP contribution in [0, 0.1) is 30.9 Å². The van der Waals surface area contributed by atoms with E-state index in [4.69, 9.17) is 16.1 Å². The van der Waals surface area contributed by atoms with Crippen LogP contribution < -0.4 is 15.0 Å². The standard InChI is InChI=1S/C31H29F2N5O2/c1-4-22-25(32)8-5-17-9-20(39)10-23(27(17)22)29-28(33)26-16(2)31(40-21-14-37(3)15-21)36-30(24(26)11-34-29)38-12-18-6-7-19(13-38)35-18/h1,5,8-11,18-19,21,35,39H,6-7,12-15H2,2-3H3. The third-order valence-corrected chi connectivity index (χ3v) is 8.44. The van der Waals surface area contributed by atoms with Gasteiger partial charge in [-0.1, -0.05) is 12.0 Å². The molecule has 7 rings (SSSR count). The highest BCUT2D eigenvalue weighted by Gasteiger charge is 2.35. The lowest BCUT2D eigenvalue weighted by molar-refractivity contribution is 0.0352. The number of aromatic nitrogens is 2. The molecule has 204 valence electrons. The number of piperazine rings is 1. The zero-order chi connectivity index (χ0) is 27.7. The first-order chi connectivity index (χ1) is 19.3. The van der Waals surface area contributed by atoms with E-state index in [1.807, 2.05) is 7.05 Å². The number of likely N-dealkylation sites (tertiary alicyclic amines) is 1. The van der Waals surface area contributed by atoms with Crippen molar-refractivity contribution in [3.63, 3.8) is 0 Å². The average molecular weight is 542 g/mol. The molecule has 0 saturated carbocycles. The van der Waals surface area contributed by atoms with Gasteiger partial charge in [-0.2, -0.15) is 4.98 Å². The molecule has 2 bridgehead atoms. The minimum absolute atomic E-state index is 0.00430. The van der Waals surface area contributed by atoms with Crippen LogP contribution in [0.25, 0.3) is 32.8 Å². The molecule has 2 N–H and O–H groups in total. The lowest BCUT2D eigenvalue weighted by Crippen LogP contribution is -2.52. The highest BCUT2D eigenvalue weighted by Crippen LogP contribution is 2.42. The number of fused-ring (bicyclic) bond motifs is 4. The van der Waals surface area contributed by atoms with Crippen molar-refractivity contribution in [3.8, 4) is 35.2 Å². The summed E-state index contributed by atoms with van der Waals surface area (Å²) in [6, 6.07) is 6.33. The number of hydrogen-bond acceptors (Lipinski definition) is 7. The molecule has 7 nitrogen and oxygen atoms in total. The largest absolute Gasteiger partial charge is 0.508 e. The van der Waals surface area contributed by atoms with Gasteiger partial charge in [-0.3, -0.25) is 9.88 Å². The molecule has 0 radical (unpaired) electrons. The zero-order valence-electron chi connectivity index (χ0n) is 22.3. The van der Waals surface area contributed by atoms with Crippen LogP contribution in [0.1, 0.15) is 24.0 Å². The second-order valence-corrected chi connectivity index (χ2v) is 11.2. The van der Waals surface area contributed by atoms with E-state index in [1.54, 1.807) is 13.1 Å². The van der Waals surface area contributed by atoms with Crippen LogP contribution in [0.15, 0.2) is 30.5 Å². The lowest BCUT2D eigenvalue weighted by atomic mass is 9.95. The molecule has 0 amide bonds. The third kappa shape index (κ3) is 3.94. The van der Waals surface area contributed by atoms with Crippen molar-refractivity contribution in [1.29, 1.82) is 0 Å². The molecule has 0 aliphatic carbocycles. The molecular formula is C31H29F2N5O2. The lowest BCUT2D eigenvalue weighted by Gasteiger charge is -2.37. The maximum absolute atomic E-state index is 16.8. The summed E-state index contributed by atoms with van der Waals surface area (Å²) in [7, 11) is 2.02. The first kappa shape index (κ1) is 25.0. The quantitative estimate of drug-likeness (QED) is 0.372. The number of likely N-dealkylation sites (N-methyl/N-ethyl adjacent to an activating group) is 1. The monoisotopic (exact) mass is 541 g/mol. The summed E-state index contributed by atoms with van der Waals surface area (Å²) >= 11 is 0.